The molecule has 7 heteroatoms. The Morgan fingerprint density at radius 1 is 0.969 bits per heavy atom. The fourth-order valence-corrected chi connectivity index (χ4v) is 4.99. The number of benzene rings is 1. The summed E-state index contributed by atoms with van der Waals surface area (Å²) in [6, 6.07) is 12.4. The Labute approximate surface area is 203 Å². The molecule has 6 nitrogen and oxygen atoms in total. The Hall–Kier alpha value is -2.23. The minimum absolute atomic E-state index is 0. The van der Waals surface area contributed by atoms with Crippen LogP contribution >= 0.6 is 0 Å². The number of aliphatic carboxylic acids is 2. The molecule has 1 fully saturated rings. The number of carbonyl (C=O) groups excluding carboxylic acids is 3. The van der Waals surface area contributed by atoms with Gasteiger partial charge in [0.15, 0.2) is 11.5 Å². The molecule has 1 atom stereocenters. The van der Waals surface area contributed by atoms with E-state index in [0.29, 0.717) is 18.1 Å². The summed E-state index contributed by atoms with van der Waals surface area (Å²) in [5, 5.41) is 17.8. The molecule has 0 radical (unpaired) electrons. The summed E-state index contributed by atoms with van der Waals surface area (Å²) in [5.74, 6) is -0.841. The molecule has 176 valence electrons. The van der Waals surface area contributed by atoms with Crippen LogP contribution < -0.4 is 10.2 Å². The molecular weight excluding hydrogens is 503 g/mol. The van der Waals surface area contributed by atoms with Gasteiger partial charge in [-0.05, 0) is 75.1 Å². The van der Waals surface area contributed by atoms with Gasteiger partial charge in [0, 0.05) is 23.8 Å². The predicted molar refractivity (Wildman–Crippen MR) is 112 cm³/mol. The average molecular weight is 533 g/mol. The van der Waals surface area contributed by atoms with Crippen LogP contribution in [0.25, 0.3) is 0 Å². The number of carbonyl (C=O) groups is 3. The fourth-order valence-electron chi connectivity index (χ4n) is 4.99. The van der Waals surface area contributed by atoms with Crippen LogP contribution in [0.15, 0.2) is 47.1 Å². The van der Waals surface area contributed by atoms with Crippen molar-refractivity contribution < 1.29 is 49.4 Å². The van der Waals surface area contributed by atoms with Gasteiger partial charge in [0.2, 0.25) is 0 Å². The van der Waals surface area contributed by atoms with Crippen molar-refractivity contribution in [1.29, 1.82) is 0 Å². The molecule has 0 aliphatic heterocycles. The first kappa shape index (κ1) is 27.8. The van der Waals surface area contributed by atoms with E-state index >= 15 is 0 Å². The van der Waals surface area contributed by atoms with E-state index in [1.54, 1.807) is 12.3 Å². The minimum Gasteiger partial charge on any atom is -0.550 e. The number of rotatable bonds is 4. The van der Waals surface area contributed by atoms with Gasteiger partial charge >= 0.3 is 20.4 Å². The molecule has 0 saturated heterocycles. The molecule has 2 aliphatic rings. The zero-order valence-electron chi connectivity index (χ0n) is 18.5. The van der Waals surface area contributed by atoms with Crippen LogP contribution in [-0.4, -0.2) is 17.7 Å². The first-order chi connectivity index (χ1) is 14.8. The normalized spacial score (nSPS) is 19.2. The van der Waals surface area contributed by atoms with Crippen molar-refractivity contribution >= 4 is 17.7 Å². The molecular formula is C25H30O6Pd. The van der Waals surface area contributed by atoms with Crippen LogP contribution in [0.4, 0.5) is 0 Å². The Bertz CT molecular complexity index is 850. The van der Waals surface area contributed by atoms with E-state index in [1.807, 2.05) is 6.07 Å². The molecule has 2 aliphatic carbocycles. The standard InChI is InChI=1S/C21H24O2.2C2H4O2.Pd/c22-19(20-12-6-14-23-20)15-21(17-9-2-3-10-17)13-5-8-16-7-1-4-11-18(16)21;2*1-2(3)4;/h1,4,6-7,11-12,14,17H,2-3,5,8-10,13,15H2;2*1H3,(H,3,4);/q;;;+2/p-2. The van der Waals surface area contributed by atoms with Gasteiger partial charge in [-0.25, -0.2) is 0 Å². The van der Waals surface area contributed by atoms with E-state index in [9.17, 15) is 4.79 Å². The summed E-state index contributed by atoms with van der Waals surface area (Å²) >= 11 is 0. The quantitative estimate of drug-likeness (QED) is 0.442. The zero-order valence-corrected chi connectivity index (χ0v) is 20.1. The van der Waals surface area contributed by atoms with Gasteiger partial charge < -0.3 is 24.2 Å². The number of hydrogen-bond acceptors (Lipinski definition) is 6. The van der Waals surface area contributed by atoms with E-state index in [2.05, 4.69) is 24.3 Å². The van der Waals surface area contributed by atoms with Gasteiger partial charge in [-0.1, -0.05) is 37.1 Å². The van der Waals surface area contributed by atoms with E-state index in [0.717, 1.165) is 26.7 Å². The van der Waals surface area contributed by atoms with E-state index in [1.165, 1.54) is 43.2 Å². The number of aryl methyl sites for hydroxylation is 1. The molecule has 1 heterocycles. The summed E-state index contributed by atoms with van der Waals surface area (Å²) in [6.07, 6.45) is 10.8. The molecule has 1 saturated carbocycles. The van der Waals surface area contributed by atoms with Crippen molar-refractivity contribution in [1.82, 2.24) is 0 Å². The van der Waals surface area contributed by atoms with Crippen LogP contribution in [-0.2, 0) is 41.8 Å². The zero-order chi connectivity index (χ0) is 22.9. The van der Waals surface area contributed by atoms with Crippen LogP contribution in [0.2, 0.25) is 0 Å². The summed E-state index contributed by atoms with van der Waals surface area (Å²) < 4.78 is 5.38. The Balaban J connectivity index is 0.000000497. The molecule has 2 aromatic rings. The first-order valence-corrected chi connectivity index (χ1v) is 10.8. The summed E-state index contributed by atoms with van der Waals surface area (Å²) in [7, 11) is 0. The fraction of sp³-hybridized carbons (Fsp3) is 0.480. The van der Waals surface area contributed by atoms with Crippen molar-refractivity contribution in [3.05, 3.63) is 59.5 Å². The van der Waals surface area contributed by atoms with Gasteiger partial charge in [-0.15, -0.1) is 0 Å². The number of furan rings is 1. The SMILES string of the molecule is CC(=O)[O-].CC(=O)[O-].O=C(CC1(C2CCCC2)CCCc2ccccc21)c1ccco1.[Pd+2]. The molecule has 4 rings (SSSR count). The number of hydrogen-bond donors (Lipinski definition) is 0. The Morgan fingerprint density at radius 3 is 2.12 bits per heavy atom. The maximum Gasteiger partial charge on any atom is 2.00 e. The third-order valence-corrected chi connectivity index (χ3v) is 6.03. The van der Waals surface area contributed by atoms with Gasteiger partial charge in [0.1, 0.15) is 0 Å². The van der Waals surface area contributed by atoms with Crippen molar-refractivity contribution in [2.75, 3.05) is 0 Å². The van der Waals surface area contributed by atoms with Crippen molar-refractivity contribution in [3.8, 4) is 0 Å². The molecule has 1 unspecified atom stereocenters. The van der Waals surface area contributed by atoms with E-state index in [-0.39, 0.29) is 31.6 Å². The molecule has 1 aromatic heterocycles. The van der Waals surface area contributed by atoms with Crippen LogP contribution in [0.1, 0.15) is 80.5 Å². The smallest absolute Gasteiger partial charge is 0.550 e. The second kappa shape index (κ2) is 13.3. The Morgan fingerprint density at radius 2 is 1.56 bits per heavy atom. The molecule has 0 bridgehead atoms. The molecule has 1 aromatic carbocycles. The summed E-state index contributed by atoms with van der Waals surface area (Å²) in [6.45, 7) is 1.94. The summed E-state index contributed by atoms with van der Waals surface area (Å²) in [5.41, 5.74) is 2.92. The maximum absolute atomic E-state index is 12.9. The topological polar surface area (TPSA) is 110 Å². The maximum atomic E-state index is 12.9. The van der Waals surface area contributed by atoms with Crippen LogP contribution in [0.3, 0.4) is 0 Å². The first-order valence-electron chi connectivity index (χ1n) is 10.8. The molecule has 0 spiro atoms. The van der Waals surface area contributed by atoms with Gasteiger partial charge in [-0.3, -0.25) is 4.79 Å². The minimum atomic E-state index is -1.08. The second-order valence-electron chi connectivity index (χ2n) is 8.21. The molecule has 0 amide bonds. The number of fused-ring (bicyclic) bond motifs is 1. The van der Waals surface area contributed by atoms with Gasteiger partial charge in [0.25, 0.3) is 0 Å². The van der Waals surface area contributed by atoms with Crippen molar-refractivity contribution in [2.24, 2.45) is 5.92 Å². The van der Waals surface area contributed by atoms with Crippen molar-refractivity contribution in [3.63, 3.8) is 0 Å². The van der Waals surface area contributed by atoms with Crippen LogP contribution in [0, 0.1) is 5.92 Å². The van der Waals surface area contributed by atoms with E-state index < -0.39 is 11.9 Å². The van der Waals surface area contributed by atoms with Gasteiger partial charge in [-0.2, -0.15) is 0 Å². The number of Topliss-reactive ketones (excluding diaryl/α,β-unsaturated/α-hetero) is 1. The van der Waals surface area contributed by atoms with Crippen LogP contribution in [0.5, 0.6) is 0 Å². The van der Waals surface area contributed by atoms with E-state index in [4.69, 9.17) is 24.2 Å². The third-order valence-electron chi connectivity index (χ3n) is 6.03. The van der Waals surface area contributed by atoms with Gasteiger partial charge in [0.05, 0.1) is 6.26 Å². The van der Waals surface area contributed by atoms with Crippen molar-refractivity contribution in [2.45, 2.75) is 70.6 Å². The monoisotopic (exact) mass is 532 g/mol. The second-order valence-corrected chi connectivity index (χ2v) is 8.21. The Kier molecular flexibility index (Phi) is 11.6. The number of carboxylic acids is 2. The number of carboxylic acid groups (broad SMARTS) is 2. The predicted octanol–water partition coefficient (Wildman–Crippen LogP) is 2.83. The largest absolute Gasteiger partial charge is 2.00 e. The third kappa shape index (κ3) is 7.72. The summed E-state index contributed by atoms with van der Waals surface area (Å²) in [4.78, 5) is 30.6. The molecule has 0 N–H and O–H groups in total. The number of ketones is 1. The average Bonchev–Trinajstić information content (AvgIpc) is 3.42. The molecule has 32 heavy (non-hydrogen) atoms.